The second-order valence-electron chi connectivity index (χ2n) is 5.28. The van der Waals surface area contributed by atoms with E-state index in [0.29, 0.717) is 18.2 Å². The first-order chi connectivity index (χ1) is 8.69. The standard InChI is InChI=1S/C13H20ClN3O/c1-3-9-13(14)11(17(2)16-9)7-15-10-6-8-4-5-12(10)18-8/h8,10,12,15H,3-7H2,1-2H3. The zero-order chi connectivity index (χ0) is 12.7. The zero-order valence-corrected chi connectivity index (χ0v) is 11.7. The monoisotopic (exact) mass is 269 g/mol. The van der Waals surface area contributed by atoms with E-state index in [4.69, 9.17) is 16.3 Å². The number of fused-ring (bicyclic) bond motifs is 2. The van der Waals surface area contributed by atoms with Crippen LogP contribution in [0.2, 0.25) is 5.02 Å². The molecule has 100 valence electrons. The first-order valence-corrected chi connectivity index (χ1v) is 7.16. The lowest BCUT2D eigenvalue weighted by molar-refractivity contribution is 0.0972. The molecule has 3 unspecified atom stereocenters. The highest BCUT2D eigenvalue weighted by Gasteiger charge is 2.40. The second-order valence-corrected chi connectivity index (χ2v) is 5.66. The summed E-state index contributed by atoms with van der Waals surface area (Å²) in [5.74, 6) is 0. The average Bonchev–Trinajstić information content (AvgIpc) is 3.03. The summed E-state index contributed by atoms with van der Waals surface area (Å²) in [4.78, 5) is 0. The van der Waals surface area contributed by atoms with Gasteiger partial charge >= 0.3 is 0 Å². The third-order valence-corrected chi connectivity index (χ3v) is 4.58. The third-order valence-electron chi connectivity index (χ3n) is 4.14. The molecule has 2 aliphatic heterocycles. The summed E-state index contributed by atoms with van der Waals surface area (Å²) in [7, 11) is 1.96. The first kappa shape index (κ1) is 12.5. The van der Waals surface area contributed by atoms with Gasteiger partial charge in [0.2, 0.25) is 0 Å². The van der Waals surface area contributed by atoms with Crippen molar-refractivity contribution in [3.63, 3.8) is 0 Å². The molecule has 1 N–H and O–H groups in total. The molecule has 0 aliphatic carbocycles. The zero-order valence-electron chi connectivity index (χ0n) is 10.9. The summed E-state index contributed by atoms with van der Waals surface area (Å²) in [5, 5.41) is 8.83. The SMILES string of the molecule is CCc1nn(C)c(CNC2CC3CCC2O3)c1Cl. The third kappa shape index (κ3) is 2.06. The van der Waals surface area contributed by atoms with Crippen molar-refractivity contribution in [2.75, 3.05) is 0 Å². The Bertz CT molecular complexity index is 446. The fourth-order valence-corrected chi connectivity index (χ4v) is 3.45. The molecule has 1 aromatic heterocycles. The molecule has 2 aliphatic rings. The van der Waals surface area contributed by atoms with Gasteiger partial charge in [0.25, 0.3) is 0 Å². The number of nitrogens with one attached hydrogen (secondary N) is 1. The highest BCUT2D eigenvalue weighted by atomic mass is 35.5. The Balaban J connectivity index is 1.65. The number of hydrogen-bond donors (Lipinski definition) is 1. The van der Waals surface area contributed by atoms with E-state index in [9.17, 15) is 0 Å². The molecule has 0 radical (unpaired) electrons. The fraction of sp³-hybridized carbons (Fsp3) is 0.769. The molecule has 3 rings (SSSR count). The highest BCUT2D eigenvalue weighted by molar-refractivity contribution is 6.31. The predicted molar refractivity (Wildman–Crippen MR) is 70.7 cm³/mol. The number of aromatic nitrogens is 2. The smallest absolute Gasteiger partial charge is 0.0863 e. The van der Waals surface area contributed by atoms with Crippen LogP contribution in [0, 0.1) is 0 Å². The second kappa shape index (κ2) is 4.83. The van der Waals surface area contributed by atoms with Crippen molar-refractivity contribution >= 4 is 11.6 Å². The minimum atomic E-state index is 0.410. The van der Waals surface area contributed by atoms with Gasteiger partial charge in [-0.25, -0.2) is 0 Å². The molecule has 2 fully saturated rings. The quantitative estimate of drug-likeness (QED) is 0.909. The fourth-order valence-electron chi connectivity index (χ4n) is 3.09. The maximum Gasteiger partial charge on any atom is 0.0863 e. The molecule has 2 bridgehead atoms. The lowest BCUT2D eigenvalue weighted by Gasteiger charge is -2.20. The molecule has 18 heavy (non-hydrogen) atoms. The molecule has 0 aromatic carbocycles. The average molecular weight is 270 g/mol. The van der Waals surface area contributed by atoms with Crippen LogP contribution in [0.4, 0.5) is 0 Å². The molecule has 3 heterocycles. The van der Waals surface area contributed by atoms with Gasteiger partial charge in [0.15, 0.2) is 0 Å². The van der Waals surface area contributed by atoms with Crippen molar-refractivity contribution in [2.24, 2.45) is 7.05 Å². The van der Waals surface area contributed by atoms with Gasteiger partial charge in [-0.2, -0.15) is 5.10 Å². The topological polar surface area (TPSA) is 39.1 Å². The summed E-state index contributed by atoms with van der Waals surface area (Å²) in [6.07, 6.45) is 5.34. The number of aryl methyl sites for hydroxylation is 2. The largest absolute Gasteiger partial charge is 0.373 e. The lowest BCUT2D eigenvalue weighted by atomic mass is 9.95. The Morgan fingerprint density at radius 2 is 2.33 bits per heavy atom. The van der Waals surface area contributed by atoms with E-state index >= 15 is 0 Å². The molecule has 4 nitrogen and oxygen atoms in total. The van der Waals surface area contributed by atoms with Crippen LogP contribution in [0.25, 0.3) is 0 Å². The van der Waals surface area contributed by atoms with Crippen LogP contribution < -0.4 is 5.32 Å². The van der Waals surface area contributed by atoms with Gasteiger partial charge in [-0.05, 0) is 25.7 Å². The highest BCUT2D eigenvalue weighted by Crippen LogP contribution is 2.34. The Morgan fingerprint density at radius 1 is 1.50 bits per heavy atom. The Hall–Kier alpha value is -0.580. The molecule has 1 aromatic rings. The van der Waals surface area contributed by atoms with Crippen LogP contribution >= 0.6 is 11.6 Å². The normalized spacial score (nSPS) is 30.3. The predicted octanol–water partition coefficient (Wildman–Crippen LogP) is 2.05. The Labute approximate surface area is 113 Å². The van der Waals surface area contributed by atoms with Crippen LogP contribution in [0.15, 0.2) is 0 Å². The van der Waals surface area contributed by atoms with Crippen LogP contribution in [0.5, 0.6) is 0 Å². The number of halogens is 1. The maximum absolute atomic E-state index is 6.34. The van der Waals surface area contributed by atoms with Crippen molar-refractivity contribution in [3.8, 4) is 0 Å². The summed E-state index contributed by atoms with van der Waals surface area (Å²) < 4.78 is 7.73. The van der Waals surface area contributed by atoms with Crippen molar-refractivity contribution < 1.29 is 4.74 Å². The van der Waals surface area contributed by atoms with E-state index in [1.54, 1.807) is 0 Å². The van der Waals surface area contributed by atoms with Gasteiger partial charge < -0.3 is 10.1 Å². The van der Waals surface area contributed by atoms with Crippen molar-refractivity contribution in [2.45, 2.75) is 57.4 Å². The number of ether oxygens (including phenoxy) is 1. The summed E-state index contributed by atoms with van der Waals surface area (Å²) in [5.41, 5.74) is 2.07. The maximum atomic E-state index is 6.34. The Kier molecular flexibility index (Phi) is 3.34. The van der Waals surface area contributed by atoms with Crippen LogP contribution in [0.1, 0.15) is 37.6 Å². The number of rotatable bonds is 4. The number of nitrogens with zero attached hydrogens (tertiary/aromatic N) is 2. The molecule has 0 spiro atoms. The van der Waals surface area contributed by atoms with E-state index in [-0.39, 0.29) is 0 Å². The summed E-state index contributed by atoms with van der Waals surface area (Å²) in [6, 6.07) is 0.486. The van der Waals surface area contributed by atoms with Crippen molar-refractivity contribution in [1.29, 1.82) is 0 Å². The van der Waals surface area contributed by atoms with E-state index in [0.717, 1.165) is 35.8 Å². The molecular weight excluding hydrogens is 250 g/mol. The van der Waals surface area contributed by atoms with Gasteiger partial charge in [0.05, 0.1) is 28.6 Å². The Morgan fingerprint density at radius 3 is 2.89 bits per heavy atom. The molecular formula is C13H20ClN3O. The van der Waals surface area contributed by atoms with E-state index in [1.165, 1.54) is 12.8 Å². The molecule has 0 amide bonds. The lowest BCUT2D eigenvalue weighted by Crippen LogP contribution is -2.37. The van der Waals surface area contributed by atoms with Gasteiger partial charge in [-0.3, -0.25) is 4.68 Å². The minimum Gasteiger partial charge on any atom is -0.373 e. The van der Waals surface area contributed by atoms with Gasteiger partial charge in [0, 0.05) is 19.6 Å². The molecule has 0 saturated carbocycles. The summed E-state index contributed by atoms with van der Waals surface area (Å²) in [6.45, 7) is 2.86. The van der Waals surface area contributed by atoms with Crippen molar-refractivity contribution in [3.05, 3.63) is 16.4 Å². The molecule has 3 atom stereocenters. The van der Waals surface area contributed by atoms with Gasteiger partial charge in [-0.15, -0.1) is 0 Å². The van der Waals surface area contributed by atoms with Gasteiger partial charge in [0.1, 0.15) is 0 Å². The number of hydrogen-bond acceptors (Lipinski definition) is 3. The molecule has 2 saturated heterocycles. The first-order valence-electron chi connectivity index (χ1n) is 6.78. The van der Waals surface area contributed by atoms with Crippen molar-refractivity contribution in [1.82, 2.24) is 15.1 Å². The molecule has 5 heteroatoms. The van der Waals surface area contributed by atoms with E-state index in [2.05, 4.69) is 17.3 Å². The van der Waals surface area contributed by atoms with Crippen LogP contribution in [-0.2, 0) is 24.8 Å². The minimum absolute atomic E-state index is 0.410. The van der Waals surface area contributed by atoms with E-state index < -0.39 is 0 Å². The van der Waals surface area contributed by atoms with Crippen LogP contribution in [0.3, 0.4) is 0 Å². The van der Waals surface area contributed by atoms with Crippen LogP contribution in [-0.4, -0.2) is 28.0 Å². The summed E-state index contributed by atoms with van der Waals surface area (Å²) >= 11 is 6.34. The van der Waals surface area contributed by atoms with E-state index in [1.807, 2.05) is 11.7 Å². The van der Waals surface area contributed by atoms with Gasteiger partial charge in [-0.1, -0.05) is 18.5 Å².